The van der Waals surface area contributed by atoms with Crippen LogP contribution in [0, 0.1) is 12.3 Å². The highest BCUT2D eigenvalue weighted by Gasteiger charge is 2.08. The summed E-state index contributed by atoms with van der Waals surface area (Å²) in [6.07, 6.45) is 5.67. The molecular formula is C12H14N2O3S. The molecule has 0 atom stereocenters. The molecule has 96 valence electrons. The third-order valence-corrected chi connectivity index (χ3v) is 3.12. The maximum atomic E-state index is 11.3. The number of carbonyl (C=O) groups is 1. The summed E-state index contributed by atoms with van der Waals surface area (Å²) in [5.41, 5.74) is 0.663. The summed E-state index contributed by atoms with van der Waals surface area (Å²) >= 11 is 0. The summed E-state index contributed by atoms with van der Waals surface area (Å²) in [7, 11) is -3.72. The predicted molar refractivity (Wildman–Crippen MR) is 67.7 cm³/mol. The van der Waals surface area contributed by atoms with Crippen molar-refractivity contribution in [3.05, 3.63) is 29.8 Å². The third kappa shape index (κ3) is 4.57. The van der Waals surface area contributed by atoms with Crippen molar-refractivity contribution < 1.29 is 13.2 Å². The van der Waals surface area contributed by atoms with Gasteiger partial charge in [0.2, 0.25) is 15.9 Å². The number of nitrogens with one attached hydrogen (secondary N) is 1. The molecule has 0 spiro atoms. The van der Waals surface area contributed by atoms with E-state index < -0.39 is 10.0 Å². The average molecular weight is 266 g/mol. The Morgan fingerprint density at radius 3 is 2.78 bits per heavy atom. The van der Waals surface area contributed by atoms with Gasteiger partial charge in [0, 0.05) is 19.4 Å². The largest absolute Gasteiger partial charge is 0.352 e. The Balaban J connectivity index is 2.64. The lowest BCUT2D eigenvalue weighted by atomic mass is 10.2. The number of sulfonamides is 1. The fraction of sp³-hybridized carbons (Fsp3) is 0.250. The molecule has 0 aliphatic rings. The zero-order valence-electron chi connectivity index (χ0n) is 9.72. The SMILES string of the molecule is C#CCCC(=O)NCc1cccc(S(N)(=O)=O)c1. The molecule has 0 fully saturated rings. The molecule has 18 heavy (non-hydrogen) atoms. The van der Waals surface area contributed by atoms with Crippen LogP contribution in [0.15, 0.2) is 29.2 Å². The van der Waals surface area contributed by atoms with Crippen LogP contribution in [-0.2, 0) is 21.4 Å². The highest BCUT2D eigenvalue weighted by molar-refractivity contribution is 7.89. The monoisotopic (exact) mass is 266 g/mol. The van der Waals surface area contributed by atoms with Crippen molar-refractivity contribution in [3.63, 3.8) is 0 Å². The zero-order chi connectivity index (χ0) is 13.6. The molecule has 6 heteroatoms. The first-order chi connectivity index (χ1) is 8.43. The van der Waals surface area contributed by atoms with Crippen LogP contribution in [-0.4, -0.2) is 14.3 Å². The van der Waals surface area contributed by atoms with E-state index in [9.17, 15) is 13.2 Å². The number of amides is 1. The highest BCUT2D eigenvalue weighted by Crippen LogP contribution is 2.09. The van der Waals surface area contributed by atoms with Gasteiger partial charge in [0.05, 0.1) is 4.90 Å². The molecule has 0 aliphatic heterocycles. The van der Waals surface area contributed by atoms with Crippen molar-refractivity contribution in [2.45, 2.75) is 24.3 Å². The zero-order valence-corrected chi connectivity index (χ0v) is 10.5. The first-order valence-corrected chi connectivity index (χ1v) is 6.80. The van der Waals surface area contributed by atoms with Crippen LogP contribution in [0.1, 0.15) is 18.4 Å². The van der Waals surface area contributed by atoms with Crippen LogP contribution in [0.3, 0.4) is 0 Å². The van der Waals surface area contributed by atoms with Crippen LogP contribution in [0.5, 0.6) is 0 Å². The molecule has 0 unspecified atom stereocenters. The lowest BCUT2D eigenvalue weighted by Crippen LogP contribution is -2.22. The van der Waals surface area contributed by atoms with E-state index in [1.165, 1.54) is 12.1 Å². The fourth-order valence-corrected chi connectivity index (χ4v) is 1.89. The lowest BCUT2D eigenvalue weighted by Gasteiger charge is -2.05. The van der Waals surface area contributed by atoms with Crippen LogP contribution >= 0.6 is 0 Å². The van der Waals surface area contributed by atoms with Gasteiger partial charge in [0.15, 0.2) is 0 Å². The Morgan fingerprint density at radius 2 is 2.17 bits per heavy atom. The van der Waals surface area contributed by atoms with Crippen LogP contribution in [0.4, 0.5) is 0 Å². The van der Waals surface area contributed by atoms with E-state index in [2.05, 4.69) is 11.2 Å². The number of hydrogen-bond donors (Lipinski definition) is 2. The number of hydrogen-bond acceptors (Lipinski definition) is 3. The van der Waals surface area contributed by atoms with Gasteiger partial charge < -0.3 is 5.32 Å². The maximum absolute atomic E-state index is 11.3. The van der Waals surface area contributed by atoms with Crippen molar-refractivity contribution in [2.75, 3.05) is 0 Å². The minimum Gasteiger partial charge on any atom is -0.352 e. The molecular weight excluding hydrogens is 252 g/mol. The van der Waals surface area contributed by atoms with E-state index in [0.717, 1.165) is 0 Å². The summed E-state index contributed by atoms with van der Waals surface area (Å²) < 4.78 is 22.3. The smallest absolute Gasteiger partial charge is 0.238 e. The second kappa shape index (κ2) is 6.19. The van der Waals surface area contributed by atoms with Crippen LogP contribution < -0.4 is 10.5 Å². The molecule has 0 saturated heterocycles. The van der Waals surface area contributed by atoms with Crippen molar-refractivity contribution in [2.24, 2.45) is 5.14 Å². The van der Waals surface area contributed by atoms with Crippen molar-refractivity contribution in [3.8, 4) is 12.3 Å². The molecule has 0 aromatic heterocycles. The second-order valence-electron chi connectivity index (χ2n) is 3.67. The lowest BCUT2D eigenvalue weighted by molar-refractivity contribution is -0.121. The van der Waals surface area contributed by atoms with Gasteiger partial charge in [-0.1, -0.05) is 12.1 Å². The predicted octanol–water partition coefficient (Wildman–Crippen LogP) is 0.364. The summed E-state index contributed by atoms with van der Waals surface area (Å²) in [6, 6.07) is 6.11. The summed E-state index contributed by atoms with van der Waals surface area (Å²) in [5, 5.41) is 7.65. The summed E-state index contributed by atoms with van der Waals surface area (Å²) in [4.78, 5) is 11.3. The summed E-state index contributed by atoms with van der Waals surface area (Å²) in [5.74, 6) is 2.20. The topological polar surface area (TPSA) is 89.3 Å². The molecule has 0 heterocycles. The van der Waals surface area contributed by atoms with E-state index in [0.29, 0.717) is 12.0 Å². The van der Waals surface area contributed by atoms with Gasteiger partial charge in [-0.2, -0.15) is 0 Å². The van der Waals surface area contributed by atoms with E-state index in [-0.39, 0.29) is 23.8 Å². The quantitative estimate of drug-likeness (QED) is 0.754. The summed E-state index contributed by atoms with van der Waals surface area (Å²) in [6.45, 7) is 0.243. The van der Waals surface area contributed by atoms with Gasteiger partial charge >= 0.3 is 0 Å². The van der Waals surface area contributed by atoms with Gasteiger partial charge in [-0.3, -0.25) is 4.79 Å². The maximum Gasteiger partial charge on any atom is 0.238 e. The van der Waals surface area contributed by atoms with E-state index in [1.807, 2.05) is 0 Å². The first kappa shape index (κ1) is 14.2. The van der Waals surface area contributed by atoms with E-state index >= 15 is 0 Å². The molecule has 1 amide bonds. The van der Waals surface area contributed by atoms with Gasteiger partial charge in [-0.15, -0.1) is 12.3 Å². The Bertz CT molecular complexity index is 573. The van der Waals surface area contributed by atoms with Gasteiger partial charge in [-0.25, -0.2) is 13.6 Å². The average Bonchev–Trinajstić information content (AvgIpc) is 2.33. The molecule has 0 radical (unpaired) electrons. The fourth-order valence-electron chi connectivity index (χ4n) is 1.31. The molecule has 0 saturated carbocycles. The van der Waals surface area contributed by atoms with Crippen LogP contribution in [0.25, 0.3) is 0 Å². The van der Waals surface area contributed by atoms with Gasteiger partial charge in [0.1, 0.15) is 0 Å². The Kier molecular flexibility index (Phi) is 4.89. The number of terminal acetylenes is 1. The molecule has 0 aliphatic carbocycles. The Morgan fingerprint density at radius 1 is 1.44 bits per heavy atom. The number of nitrogens with two attached hydrogens (primary N) is 1. The molecule has 1 aromatic carbocycles. The number of primary sulfonamides is 1. The van der Waals surface area contributed by atoms with Crippen LogP contribution in [0.2, 0.25) is 0 Å². The molecule has 5 nitrogen and oxygen atoms in total. The Hall–Kier alpha value is -1.84. The second-order valence-corrected chi connectivity index (χ2v) is 5.23. The molecule has 1 aromatic rings. The van der Waals surface area contributed by atoms with Crippen molar-refractivity contribution >= 4 is 15.9 Å². The highest BCUT2D eigenvalue weighted by atomic mass is 32.2. The van der Waals surface area contributed by atoms with Gasteiger partial charge in [0.25, 0.3) is 0 Å². The minimum atomic E-state index is -3.72. The van der Waals surface area contributed by atoms with Gasteiger partial charge in [-0.05, 0) is 17.7 Å². The molecule has 3 N–H and O–H groups in total. The van der Waals surface area contributed by atoms with E-state index in [4.69, 9.17) is 11.6 Å². The number of benzene rings is 1. The standard InChI is InChI=1S/C12H14N2O3S/c1-2-3-7-12(15)14-9-10-5-4-6-11(8-10)18(13,16)17/h1,4-6,8H,3,7,9H2,(H,14,15)(H2,13,16,17). The van der Waals surface area contributed by atoms with Crippen molar-refractivity contribution in [1.82, 2.24) is 5.32 Å². The minimum absolute atomic E-state index is 0.0258. The third-order valence-electron chi connectivity index (χ3n) is 2.21. The van der Waals surface area contributed by atoms with Crippen molar-refractivity contribution in [1.29, 1.82) is 0 Å². The number of rotatable bonds is 5. The first-order valence-electron chi connectivity index (χ1n) is 5.25. The molecule has 1 rings (SSSR count). The normalized spacial score (nSPS) is 10.7. The molecule has 0 bridgehead atoms. The number of carbonyl (C=O) groups excluding carboxylic acids is 1. The Labute approximate surface area is 106 Å². The van der Waals surface area contributed by atoms with E-state index in [1.54, 1.807) is 12.1 Å².